The molecule has 1 N–H and O–H groups in total. The SMILES string of the molecule is Cc1cc(NC(=O)N2CCC[C@H]2c2cccs2)no1. The molecule has 1 fully saturated rings. The normalized spacial score (nSPS) is 18.8. The van der Waals surface area contributed by atoms with Crippen molar-refractivity contribution in [3.05, 3.63) is 34.2 Å². The molecule has 3 rings (SSSR count). The van der Waals surface area contributed by atoms with E-state index in [9.17, 15) is 4.79 Å². The van der Waals surface area contributed by atoms with Gasteiger partial charge in [-0.05, 0) is 31.2 Å². The number of urea groups is 1. The summed E-state index contributed by atoms with van der Waals surface area (Å²) < 4.78 is 4.95. The topological polar surface area (TPSA) is 58.4 Å². The molecule has 2 amide bonds. The summed E-state index contributed by atoms with van der Waals surface area (Å²) in [7, 11) is 0. The van der Waals surface area contributed by atoms with E-state index in [2.05, 4.69) is 16.5 Å². The minimum atomic E-state index is -0.107. The first kappa shape index (κ1) is 12.2. The van der Waals surface area contributed by atoms with Crippen LogP contribution in [-0.2, 0) is 0 Å². The average molecular weight is 277 g/mol. The fourth-order valence-electron chi connectivity index (χ4n) is 2.39. The molecule has 1 saturated heterocycles. The summed E-state index contributed by atoms with van der Waals surface area (Å²) in [5, 5.41) is 8.61. The van der Waals surface area contributed by atoms with Gasteiger partial charge in [0.1, 0.15) is 5.76 Å². The molecular weight excluding hydrogens is 262 g/mol. The van der Waals surface area contributed by atoms with Crippen LogP contribution in [0.5, 0.6) is 0 Å². The fraction of sp³-hybridized carbons (Fsp3) is 0.385. The maximum atomic E-state index is 12.3. The number of nitrogens with one attached hydrogen (secondary N) is 1. The lowest BCUT2D eigenvalue weighted by Crippen LogP contribution is -2.34. The van der Waals surface area contributed by atoms with Crippen LogP contribution >= 0.6 is 11.3 Å². The largest absolute Gasteiger partial charge is 0.360 e. The Hall–Kier alpha value is -1.82. The standard InChI is InChI=1S/C13H15N3O2S/c1-9-8-12(15-18-9)14-13(17)16-6-2-4-10(16)11-5-3-7-19-11/h3,5,7-8,10H,2,4,6H2,1H3,(H,14,15,17)/t10-/m0/s1. The van der Waals surface area contributed by atoms with Gasteiger partial charge in [-0.3, -0.25) is 5.32 Å². The Balaban J connectivity index is 1.72. The lowest BCUT2D eigenvalue weighted by molar-refractivity contribution is 0.207. The van der Waals surface area contributed by atoms with E-state index in [-0.39, 0.29) is 12.1 Å². The van der Waals surface area contributed by atoms with Gasteiger partial charge in [-0.25, -0.2) is 4.79 Å². The first-order valence-electron chi connectivity index (χ1n) is 6.28. The van der Waals surface area contributed by atoms with Crippen molar-refractivity contribution in [2.24, 2.45) is 0 Å². The van der Waals surface area contributed by atoms with Crippen LogP contribution in [-0.4, -0.2) is 22.6 Å². The van der Waals surface area contributed by atoms with Crippen molar-refractivity contribution in [1.82, 2.24) is 10.1 Å². The average Bonchev–Trinajstić information content (AvgIpc) is 3.07. The summed E-state index contributed by atoms with van der Waals surface area (Å²) >= 11 is 1.70. The second-order valence-electron chi connectivity index (χ2n) is 4.62. The number of aryl methyl sites for hydroxylation is 1. The van der Waals surface area contributed by atoms with Crippen molar-refractivity contribution in [2.75, 3.05) is 11.9 Å². The molecule has 0 spiro atoms. The van der Waals surface area contributed by atoms with Gasteiger partial charge in [0.25, 0.3) is 0 Å². The number of thiophene rings is 1. The number of aromatic nitrogens is 1. The summed E-state index contributed by atoms with van der Waals surface area (Å²) in [5.41, 5.74) is 0. The molecule has 1 aliphatic rings. The van der Waals surface area contributed by atoms with Crippen LogP contribution in [0.15, 0.2) is 28.1 Å². The van der Waals surface area contributed by atoms with Gasteiger partial charge in [-0.15, -0.1) is 11.3 Å². The van der Waals surface area contributed by atoms with E-state index in [0.717, 1.165) is 19.4 Å². The Labute approximate surface area is 115 Å². The summed E-state index contributed by atoms with van der Waals surface area (Å²) in [6.45, 7) is 2.58. The highest BCUT2D eigenvalue weighted by Crippen LogP contribution is 2.34. The van der Waals surface area contributed by atoms with Crippen LogP contribution in [0, 0.1) is 6.92 Å². The summed E-state index contributed by atoms with van der Waals surface area (Å²) in [6.07, 6.45) is 2.06. The molecule has 19 heavy (non-hydrogen) atoms. The second kappa shape index (κ2) is 5.05. The molecule has 1 atom stereocenters. The monoisotopic (exact) mass is 277 g/mol. The zero-order valence-corrected chi connectivity index (χ0v) is 11.4. The minimum Gasteiger partial charge on any atom is -0.360 e. The zero-order valence-electron chi connectivity index (χ0n) is 10.6. The Morgan fingerprint density at radius 3 is 3.21 bits per heavy atom. The van der Waals surface area contributed by atoms with Gasteiger partial charge in [-0.2, -0.15) is 0 Å². The molecular formula is C13H15N3O2S. The van der Waals surface area contributed by atoms with E-state index in [1.807, 2.05) is 16.3 Å². The van der Waals surface area contributed by atoms with Crippen molar-refractivity contribution < 1.29 is 9.32 Å². The minimum absolute atomic E-state index is 0.107. The van der Waals surface area contributed by atoms with Gasteiger partial charge in [0.15, 0.2) is 5.82 Å². The van der Waals surface area contributed by atoms with E-state index in [1.54, 1.807) is 24.3 Å². The number of carbonyl (C=O) groups excluding carboxylic acids is 1. The Morgan fingerprint density at radius 2 is 2.53 bits per heavy atom. The lowest BCUT2D eigenvalue weighted by Gasteiger charge is -2.23. The smallest absolute Gasteiger partial charge is 0.323 e. The molecule has 3 heterocycles. The first-order valence-corrected chi connectivity index (χ1v) is 7.16. The quantitative estimate of drug-likeness (QED) is 0.915. The Bertz CT molecular complexity index is 564. The van der Waals surface area contributed by atoms with E-state index in [4.69, 9.17) is 4.52 Å². The summed E-state index contributed by atoms with van der Waals surface area (Å²) in [4.78, 5) is 15.4. The Kier molecular flexibility index (Phi) is 3.25. The molecule has 0 aromatic carbocycles. The van der Waals surface area contributed by atoms with Gasteiger partial charge < -0.3 is 9.42 Å². The molecule has 0 aliphatic carbocycles. The van der Waals surface area contributed by atoms with Crippen LogP contribution in [0.4, 0.5) is 10.6 Å². The molecule has 2 aromatic rings. The summed E-state index contributed by atoms with van der Waals surface area (Å²) in [5.74, 6) is 1.16. The van der Waals surface area contributed by atoms with Gasteiger partial charge in [0.2, 0.25) is 0 Å². The summed E-state index contributed by atoms with van der Waals surface area (Å²) in [6, 6.07) is 5.90. The molecule has 5 nitrogen and oxygen atoms in total. The van der Waals surface area contributed by atoms with E-state index in [1.165, 1.54) is 4.88 Å². The highest BCUT2D eigenvalue weighted by molar-refractivity contribution is 7.10. The van der Waals surface area contributed by atoms with Gasteiger partial charge >= 0.3 is 6.03 Å². The lowest BCUT2D eigenvalue weighted by atomic mass is 10.2. The third-order valence-corrected chi connectivity index (χ3v) is 4.22. The molecule has 6 heteroatoms. The van der Waals surface area contributed by atoms with Crippen molar-refractivity contribution in [3.8, 4) is 0 Å². The molecule has 0 unspecified atom stereocenters. The van der Waals surface area contributed by atoms with Crippen molar-refractivity contribution >= 4 is 23.2 Å². The number of hydrogen-bond donors (Lipinski definition) is 1. The van der Waals surface area contributed by atoms with Crippen LogP contribution in [0.1, 0.15) is 29.5 Å². The number of likely N-dealkylation sites (tertiary alicyclic amines) is 1. The number of rotatable bonds is 2. The first-order chi connectivity index (χ1) is 9.24. The molecule has 0 saturated carbocycles. The maximum absolute atomic E-state index is 12.3. The fourth-order valence-corrected chi connectivity index (χ4v) is 3.27. The van der Waals surface area contributed by atoms with Crippen LogP contribution in [0.2, 0.25) is 0 Å². The number of amides is 2. The highest BCUT2D eigenvalue weighted by atomic mass is 32.1. The third-order valence-electron chi connectivity index (χ3n) is 3.25. The van der Waals surface area contributed by atoms with E-state index < -0.39 is 0 Å². The second-order valence-corrected chi connectivity index (χ2v) is 5.60. The van der Waals surface area contributed by atoms with Gasteiger partial charge in [0.05, 0.1) is 6.04 Å². The van der Waals surface area contributed by atoms with Crippen LogP contribution in [0.25, 0.3) is 0 Å². The van der Waals surface area contributed by atoms with Crippen molar-refractivity contribution in [2.45, 2.75) is 25.8 Å². The predicted molar refractivity (Wildman–Crippen MR) is 73.3 cm³/mol. The third kappa shape index (κ3) is 2.49. The highest BCUT2D eigenvalue weighted by Gasteiger charge is 2.30. The van der Waals surface area contributed by atoms with Crippen molar-refractivity contribution in [3.63, 3.8) is 0 Å². The zero-order chi connectivity index (χ0) is 13.2. The molecule has 2 aromatic heterocycles. The van der Waals surface area contributed by atoms with Crippen molar-refractivity contribution in [1.29, 1.82) is 0 Å². The number of anilines is 1. The van der Waals surface area contributed by atoms with Gasteiger partial charge in [-0.1, -0.05) is 11.2 Å². The molecule has 100 valence electrons. The maximum Gasteiger partial charge on any atom is 0.323 e. The van der Waals surface area contributed by atoms with Gasteiger partial charge in [0, 0.05) is 17.5 Å². The predicted octanol–water partition coefficient (Wildman–Crippen LogP) is 3.41. The molecule has 1 aliphatic heterocycles. The molecule has 0 bridgehead atoms. The van der Waals surface area contributed by atoms with Crippen LogP contribution in [0.3, 0.4) is 0 Å². The number of carbonyl (C=O) groups is 1. The Morgan fingerprint density at radius 1 is 1.63 bits per heavy atom. The number of hydrogen-bond acceptors (Lipinski definition) is 4. The van der Waals surface area contributed by atoms with E-state index >= 15 is 0 Å². The van der Waals surface area contributed by atoms with E-state index in [0.29, 0.717) is 11.6 Å². The number of nitrogens with zero attached hydrogens (tertiary/aromatic N) is 2. The van der Waals surface area contributed by atoms with Crippen LogP contribution < -0.4 is 5.32 Å². The molecule has 0 radical (unpaired) electrons.